The van der Waals surface area contributed by atoms with E-state index < -0.39 is 30.1 Å². The summed E-state index contributed by atoms with van der Waals surface area (Å²) in [5, 5.41) is 2.10. The number of carbonyl (C=O) groups is 2. The van der Waals surface area contributed by atoms with Gasteiger partial charge in [-0.15, -0.1) is 11.3 Å². The number of ether oxygens (including phenoxy) is 1. The highest BCUT2D eigenvalue weighted by Crippen LogP contribution is 2.29. The van der Waals surface area contributed by atoms with Gasteiger partial charge in [-0.2, -0.15) is 0 Å². The fraction of sp³-hybridized carbons (Fsp3) is 0.0800. The van der Waals surface area contributed by atoms with Crippen LogP contribution < -0.4 is 4.90 Å². The van der Waals surface area contributed by atoms with Gasteiger partial charge in [0.05, 0.1) is 17.8 Å². The summed E-state index contributed by atoms with van der Waals surface area (Å²) in [6, 6.07) is 17.6. The highest BCUT2D eigenvalue weighted by Gasteiger charge is 2.22. The van der Waals surface area contributed by atoms with E-state index >= 15 is 0 Å². The molecule has 4 rings (SSSR count). The van der Waals surface area contributed by atoms with Crippen LogP contribution in [0.1, 0.15) is 15.9 Å². The van der Waals surface area contributed by atoms with Gasteiger partial charge in [0, 0.05) is 10.9 Å². The molecule has 0 spiro atoms. The molecule has 0 aliphatic rings. The summed E-state index contributed by atoms with van der Waals surface area (Å²) in [7, 11) is 0. The number of hydrogen-bond donors (Lipinski definition) is 0. The van der Waals surface area contributed by atoms with Gasteiger partial charge < -0.3 is 4.74 Å². The molecule has 9 heteroatoms. The highest BCUT2D eigenvalue weighted by molar-refractivity contribution is 7.14. The Labute approximate surface area is 197 Å². The topological polar surface area (TPSA) is 59.5 Å². The van der Waals surface area contributed by atoms with Crippen LogP contribution in [0.5, 0.6) is 0 Å². The summed E-state index contributed by atoms with van der Waals surface area (Å²) in [6.45, 7) is -0.463. The molecule has 5 nitrogen and oxygen atoms in total. The van der Waals surface area contributed by atoms with Gasteiger partial charge in [0.2, 0.25) is 0 Å². The maximum atomic E-state index is 13.4. The molecule has 0 unspecified atom stereocenters. The number of aromatic nitrogens is 1. The van der Waals surface area contributed by atoms with Crippen LogP contribution in [0.2, 0.25) is 0 Å². The molecule has 172 valence electrons. The van der Waals surface area contributed by atoms with E-state index in [0.717, 1.165) is 17.7 Å². The second-order valence-electron chi connectivity index (χ2n) is 7.19. The molecule has 0 N–H and O–H groups in total. The number of esters is 1. The Morgan fingerprint density at radius 2 is 1.65 bits per heavy atom. The van der Waals surface area contributed by atoms with E-state index in [1.165, 1.54) is 28.4 Å². The maximum Gasteiger partial charge on any atom is 0.338 e. The summed E-state index contributed by atoms with van der Waals surface area (Å²) in [6.07, 6.45) is 0. The van der Waals surface area contributed by atoms with Crippen molar-refractivity contribution >= 4 is 28.3 Å². The molecule has 0 bridgehead atoms. The lowest BCUT2D eigenvalue weighted by molar-refractivity contribution is -0.121. The fourth-order valence-electron chi connectivity index (χ4n) is 3.08. The molecule has 1 heterocycles. The molecule has 1 aromatic heterocycles. The van der Waals surface area contributed by atoms with Crippen LogP contribution in [-0.4, -0.2) is 23.5 Å². The average Bonchev–Trinajstić information content (AvgIpc) is 3.33. The van der Waals surface area contributed by atoms with Crippen molar-refractivity contribution in [1.82, 2.24) is 4.98 Å². The number of thiazole rings is 1. The van der Waals surface area contributed by atoms with Gasteiger partial charge in [-0.05, 0) is 48.0 Å². The normalized spacial score (nSPS) is 10.7. The van der Waals surface area contributed by atoms with Gasteiger partial charge in [0.25, 0.3) is 5.91 Å². The van der Waals surface area contributed by atoms with Crippen molar-refractivity contribution in [1.29, 1.82) is 0 Å². The van der Waals surface area contributed by atoms with E-state index in [1.807, 2.05) is 30.3 Å². The summed E-state index contributed by atoms with van der Waals surface area (Å²) < 4.78 is 44.8. The van der Waals surface area contributed by atoms with Crippen molar-refractivity contribution in [2.24, 2.45) is 0 Å². The number of benzene rings is 3. The number of halogens is 3. The van der Waals surface area contributed by atoms with Crippen molar-refractivity contribution in [2.45, 2.75) is 6.54 Å². The number of nitrogens with zero attached hydrogens (tertiary/aromatic N) is 2. The Hall–Kier alpha value is -3.98. The zero-order valence-corrected chi connectivity index (χ0v) is 18.4. The van der Waals surface area contributed by atoms with Crippen LogP contribution in [-0.2, 0) is 16.1 Å². The van der Waals surface area contributed by atoms with Gasteiger partial charge in [0.15, 0.2) is 23.4 Å². The molecule has 0 fully saturated rings. The van der Waals surface area contributed by atoms with Crippen LogP contribution >= 0.6 is 11.3 Å². The first-order chi connectivity index (χ1) is 16.4. The van der Waals surface area contributed by atoms with E-state index in [2.05, 4.69) is 4.98 Å². The summed E-state index contributed by atoms with van der Waals surface area (Å²) in [5.74, 6) is -4.18. The largest absolute Gasteiger partial charge is 0.452 e. The first-order valence-corrected chi connectivity index (χ1v) is 11.0. The summed E-state index contributed by atoms with van der Waals surface area (Å²) >= 11 is 1.21. The monoisotopic (exact) mass is 482 g/mol. The Balaban J connectivity index is 1.53. The third-order valence-electron chi connectivity index (χ3n) is 4.83. The number of carbonyl (C=O) groups excluding carboxylic acids is 2. The van der Waals surface area contributed by atoms with Crippen molar-refractivity contribution in [3.05, 3.63) is 107 Å². The Morgan fingerprint density at radius 1 is 0.912 bits per heavy atom. The Kier molecular flexibility index (Phi) is 7.03. The molecular formula is C25H17F3N2O3S. The quantitative estimate of drug-likeness (QED) is 0.321. The number of amides is 1. The van der Waals surface area contributed by atoms with Crippen LogP contribution in [0.25, 0.3) is 11.3 Å². The third-order valence-corrected chi connectivity index (χ3v) is 5.69. The molecule has 4 aromatic rings. The molecule has 0 radical (unpaired) electrons. The second-order valence-corrected chi connectivity index (χ2v) is 8.03. The van der Waals surface area contributed by atoms with Gasteiger partial charge in [-0.1, -0.05) is 30.3 Å². The zero-order chi connectivity index (χ0) is 24.1. The van der Waals surface area contributed by atoms with Crippen LogP contribution in [0.15, 0.2) is 78.2 Å². The van der Waals surface area contributed by atoms with E-state index in [0.29, 0.717) is 22.5 Å². The average molecular weight is 482 g/mol. The zero-order valence-electron chi connectivity index (χ0n) is 17.6. The highest BCUT2D eigenvalue weighted by atomic mass is 32.1. The van der Waals surface area contributed by atoms with Crippen LogP contribution in [0.3, 0.4) is 0 Å². The smallest absolute Gasteiger partial charge is 0.338 e. The summed E-state index contributed by atoms with van der Waals surface area (Å²) in [5.41, 5.74) is 1.85. The van der Waals surface area contributed by atoms with Crippen molar-refractivity contribution < 1.29 is 27.5 Å². The molecule has 3 aromatic carbocycles. The van der Waals surface area contributed by atoms with E-state index in [4.69, 9.17) is 4.74 Å². The third kappa shape index (κ3) is 5.49. The molecule has 0 saturated heterocycles. The second kappa shape index (κ2) is 10.3. The maximum absolute atomic E-state index is 13.4. The predicted octanol–water partition coefficient (Wildman–Crippen LogP) is 5.62. The molecule has 0 atom stereocenters. The van der Waals surface area contributed by atoms with Gasteiger partial charge in [0.1, 0.15) is 5.82 Å². The predicted molar refractivity (Wildman–Crippen MR) is 122 cm³/mol. The molecule has 0 aliphatic heterocycles. The molecular weight excluding hydrogens is 465 g/mol. The number of anilines is 1. The summed E-state index contributed by atoms with van der Waals surface area (Å²) in [4.78, 5) is 31.1. The molecule has 0 saturated carbocycles. The van der Waals surface area contributed by atoms with Crippen molar-refractivity contribution in [3.63, 3.8) is 0 Å². The lowest BCUT2D eigenvalue weighted by Crippen LogP contribution is -2.34. The van der Waals surface area contributed by atoms with Crippen LogP contribution in [0, 0.1) is 17.5 Å². The van der Waals surface area contributed by atoms with Crippen LogP contribution in [0.4, 0.5) is 18.3 Å². The standard InChI is InChI=1S/C25H17F3N2O3S/c26-19-9-6-17(7-10-19)22-15-34-25(29-22)30(13-16-4-2-1-3-5-16)23(31)14-33-24(32)18-8-11-20(27)21(28)12-18/h1-12,15H,13-14H2. The minimum Gasteiger partial charge on any atom is -0.452 e. The van der Waals surface area contributed by atoms with Crippen molar-refractivity contribution in [3.8, 4) is 11.3 Å². The Morgan fingerprint density at radius 3 is 2.35 bits per heavy atom. The number of hydrogen-bond acceptors (Lipinski definition) is 5. The lowest BCUT2D eigenvalue weighted by atomic mass is 10.2. The molecule has 34 heavy (non-hydrogen) atoms. The first kappa shape index (κ1) is 23.2. The first-order valence-electron chi connectivity index (χ1n) is 10.1. The minimum absolute atomic E-state index is 0.165. The SMILES string of the molecule is O=C(OCC(=O)N(Cc1ccccc1)c1nc(-c2ccc(F)cc2)cs1)c1ccc(F)c(F)c1. The van der Waals surface area contributed by atoms with E-state index in [9.17, 15) is 22.8 Å². The van der Waals surface area contributed by atoms with E-state index in [1.54, 1.807) is 17.5 Å². The van der Waals surface area contributed by atoms with Gasteiger partial charge in [-0.3, -0.25) is 9.69 Å². The van der Waals surface area contributed by atoms with E-state index in [-0.39, 0.29) is 17.9 Å². The molecule has 1 amide bonds. The van der Waals surface area contributed by atoms with Gasteiger partial charge in [-0.25, -0.2) is 22.9 Å². The lowest BCUT2D eigenvalue weighted by Gasteiger charge is -2.20. The Bertz CT molecular complexity index is 1310. The number of rotatable bonds is 7. The van der Waals surface area contributed by atoms with Gasteiger partial charge >= 0.3 is 5.97 Å². The van der Waals surface area contributed by atoms with Crippen molar-refractivity contribution in [2.75, 3.05) is 11.5 Å². The fourth-order valence-corrected chi connectivity index (χ4v) is 3.93. The molecule has 0 aliphatic carbocycles. The minimum atomic E-state index is -1.19.